The molecule has 0 unspecified atom stereocenters. The molecule has 0 amide bonds. The second-order valence-corrected chi connectivity index (χ2v) is 2.50. The van der Waals surface area contributed by atoms with Crippen LogP contribution in [0, 0.1) is 13.8 Å². The van der Waals surface area contributed by atoms with Gasteiger partial charge in [-0.2, -0.15) is 10.2 Å². The molecule has 2 nitrogen and oxygen atoms in total. The van der Waals surface area contributed by atoms with Gasteiger partial charge in [0.05, 0.1) is 11.4 Å². The molecule has 0 radical (unpaired) electrons. The van der Waals surface area contributed by atoms with E-state index in [0.29, 0.717) is 5.88 Å². The Labute approximate surface area is 77.4 Å². The van der Waals surface area contributed by atoms with Crippen LogP contribution in [0.25, 0.3) is 0 Å². The number of nitrogens with zero attached hydrogens (tertiary/aromatic N) is 2. The van der Waals surface area contributed by atoms with Crippen LogP contribution in [0.5, 0.6) is 0 Å². The monoisotopic (exact) mass is 192 g/mol. The molecule has 1 aromatic rings. The van der Waals surface area contributed by atoms with Gasteiger partial charge in [-0.15, -0.1) is 24.0 Å². The Morgan fingerprint density at radius 2 is 2.00 bits per heavy atom. The molecule has 0 atom stereocenters. The SMILES string of the molecule is Cc1cc(CCl)c(C)nn1.Cl. The molecule has 62 valence electrons. The molecule has 4 heteroatoms. The Kier molecular flexibility index (Phi) is 4.38. The van der Waals surface area contributed by atoms with Crippen LogP contribution >= 0.6 is 24.0 Å². The summed E-state index contributed by atoms with van der Waals surface area (Å²) in [5.41, 5.74) is 2.90. The maximum atomic E-state index is 5.64. The van der Waals surface area contributed by atoms with Crippen LogP contribution in [-0.4, -0.2) is 10.2 Å². The number of aryl methyl sites for hydroxylation is 2. The number of aromatic nitrogens is 2. The topological polar surface area (TPSA) is 25.8 Å². The van der Waals surface area contributed by atoms with Gasteiger partial charge in [0.2, 0.25) is 0 Å². The average Bonchev–Trinajstić information content (AvgIpc) is 1.94. The van der Waals surface area contributed by atoms with Crippen molar-refractivity contribution in [2.75, 3.05) is 0 Å². The van der Waals surface area contributed by atoms with E-state index in [1.807, 2.05) is 19.9 Å². The highest BCUT2D eigenvalue weighted by Gasteiger charge is 1.97. The minimum absolute atomic E-state index is 0. The fourth-order valence-corrected chi connectivity index (χ4v) is 1.01. The van der Waals surface area contributed by atoms with Crippen molar-refractivity contribution < 1.29 is 0 Å². The van der Waals surface area contributed by atoms with Crippen LogP contribution < -0.4 is 0 Å². The molecule has 0 aliphatic carbocycles. The molecular weight excluding hydrogens is 183 g/mol. The first-order chi connectivity index (χ1) is 4.74. The van der Waals surface area contributed by atoms with Crippen molar-refractivity contribution in [3.63, 3.8) is 0 Å². The third-order valence-electron chi connectivity index (χ3n) is 1.35. The molecule has 1 rings (SSSR count). The van der Waals surface area contributed by atoms with Gasteiger partial charge in [0.1, 0.15) is 0 Å². The second kappa shape index (κ2) is 4.52. The van der Waals surface area contributed by atoms with Gasteiger partial charge in [-0.3, -0.25) is 0 Å². The van der Waals surface area contributed by atoms with Crippen molar-refractivity contribution in [1.82, 2.24) is 10.2 Å². The Balaban J connectivity index is 0.000001000. The lowest BCUT2D eigenvalue weighted by atomic mass is 10.2. The molecule has 0 saturated heterocycles. The van der Waals surface area contributed by atoms with Crippen LogP contribution in [0.4, 0.5) is 0 Å². The first kappa shape index (κ1) is 10.7. The quantitative estimate of drug-likeness (QED) is 0.639. The highest BCUT2D eigenvalue weighted by atomic mass is 35.5. The fourth-order valence-electron chi connectivity index (χ4n) is 0.739. The molecule has 0 bridgehead atoms. The third kappa shape index (κ3) is 2.64. The molecule has 0 N–H and O–H groups in total. The van der Waals surface area contributed by atoms with Crippen molar-refractivity contribution in [2.45, 2.75) is 19.7 Å². The molecule has 0 spiro atoms. The number of alkyl halides is 1. The summed E-state index contributed by atoms with van der Waals surface area (Å²) in [6.07, 6.45) is 0. The largest absolute Gasteiger partial charge is 0.156 e. The lowest BCUT2D eigenvalue weighted by Gasteiger charge is -1.98. The van der Waals surface area contributed by atoms with Gasteiger partial charge in [0.15, 0.2) is 0 Å². The van der Waals surface area contributed by atoms with Gasteiger partial charge in [0.25, 0.3) is 0 Å². The summed E-state index contributed by atoms with van der Waals surface area (Å²) < 4.78 is 0. The Hall–Kier alpha value is -0.340. The zero-order chi connectivity index (χ0) is 7.56. The van der Waals surface area contributed by atoms with Crippen molar-refractivity contribution in [3.05, 3.63) is 23.0 Å². The molecule has 1 heterocycles. The van der Waals surface area contributed by atoms with Crippen LogP contribution in [0.15, 0.2) is 6.07 Å². The summed E-state index contributed by atoms with van der Waals surface area (Å²) in [6, 6.07) is 1.95. The number of halogens is 2. The van der Waals surface area contributed by atoms with Crippen molar-refractivity contribution >= 4 is 24.0 Å². The van der Waals surface area contributed by atoms with Gasteiger partial charge >= 0.3 is 0 Å². The normalized spacial score (nSPS) is 9.00. The highest BCUT2D eigenvalue weighted by molar-refractivity contribution is 6.17. The minimum Gasteiger partial charge on any atom is -0.156 e. The van der Waals surface area contributed by atoms with Gasteiger partial charge < -0.3 is 0 Å². The molecule has 0 aliphatic rings. The van der Waals surface area contributed by atoms with Crippen molar-refractivity contribution in [2.24, 2.45) is 0 Å². The Bertz CT molecular complexity index is 238. The van der Waals surface area contributed by atoms with E-state index >= 15 is 0 Å². The fraction of sp³-hybridized carbons (Fsp3) is 0.429. The summed E-state index contributed by atoms with van der Waals surface area (Å²) in [4.78, 5) is 0. The maximum Gasteiger partial charge on any atom is 0.0644 e. The van der Waals surface area contributed by atoms with Crippen LogP contribution in [0.2, 0.25) is 0 Å². The van der Waals surface area contributed by atoms with Gasteiger partial charge in [0, 0.05) is 5.88 Å². The van der Waals surface area contributed by atoms with Crippen molar-refractivity contribution in [1.29, 1.82) is 0 Å². The molecule has 0 aromatic carbocycles. The first-order valence-corrected chi connectivity index (χ1v) is 3.63. The standard InChI is InChI=1S/C7H9ClN2.ClH/c1-5-3-7(4-8)6(2)10-9-5;/h3H,4H2,1-2H3;1H. The zero-order valence-electron chi connectivity index (χ0n) is 6.47. The molecule has 1 aromatic heterocycles. The predicted octanol–water partition coefficient (Wildman–Crippen LogP) is 2.25. The number of hydrogen-bond donors (Lipinski definition) is 0. The van der Waals surface area contributed by atoms with E-state index in [2.05, 4.69) is 10.2 Å². The van der Waals surface area contributed by atoms with E-state index in [9.17, 15) is 0 Å². The summed E-state index contributed by atoms with van der Waals surface area (Å²) in [5.74, 6) is 0.516. The van der Waals surface area contributed by atoms with Crippen LogP contribution in [0.1, 0.15) is 17.0 Å². The molecule has 0 fully saturated rings. The Morgan fingerprint density at radius 1 is 1.36 bits per heavy atom. The lowest BCUT2D eigenvalue weighted by molar-refractivity contribution is 0.920. The summed E-state index contributed by atoms with van der Waals surface area (Å²) in [5, 5.41) is 7.79. The molecule has 0 saturated carbocycles. The van der Waals surface area contributed by atoms with Crippen molar-refractivity contribution in [3.8, 4) is 0 Å². The maximum absolute atomic E-state index is 5.64. The predicted molar refractivity (Wildman–Crippen MR) is 48.3 cm³/mol. The smallest absolute Gasteiger partial charge is 0.0644 e. The lowest BCUT2D eigenvalue weighted by Crippen LogP contribution is -1.94. The molecule has 11 heavy (non-hydrogen) atoms. The summed E-state index contributed by atoms with van der Waals surface area (Å²) in [6.45, 7) is 3.81. The van der Waals surface area contributed by atoms with Gasteiger partial charge in [-0.25, -0.2) is 0 Å². The second-order valence-electron chi connectivity index (χ2n) is 2.23. The third-order valence-corrected chi connectivity index (χ3v) is 1.64. The van der Waals surface area contributed by atoms with E-state index in [1.54, 1.807) is 0 Å². The van der Waals surface area contributed by atoms with Gasteiger partial charge in [-0.1, -0.05) is 0 Å². The molecule has 0 aliphatic heterocycles. The van der Waals surface area contributed by atoms with E-state index < -0.39 is 0 Å². The summed E-state index contributed by atoms with van der Waals surface area (Å²) in [7, 11) is 0. The number of hydrogen-bond acceptors (Lipinski definition) is 2. The van der Waals surface area contributed by atoms with E-state index in [1.165, 1.54) is 0 Å². The van der Waals surface area contributed by atoms with E-state index in [-0.39, 0.29) is 12.4 Å². The zero-order valence-corrected chi connectivity index (χ0v) is 8.04. The Morgan fingerprint density at radius 3 is 2.45 bits per heavy atom. The first-order valence-electron chi connectivity index (χ1n) is 3.10. The average molecular weight is 193 g/mol. The minimum atomic E-state index is 0. The van der Waals surface area contributed by atoms with Crippen LogP contribution in [-0.2, 0) is 5.88 Å². The highest BCUT2D eigenvalue weighted by Crippen LogP contribution is 2.07. The van der Waals surface area contributed by atoms with E-state index in [4.69, 9.17) is 11.6 Å². The van der Waals surface area contributed by atoms with E-state index in [0.717, 1.165) is 17.0 Å². The molecular formula is C7H10Cl2N2. The summed E-state index contributed by atoms with van der Waals surface area (Å²) >= 11 is 5.64. The van der Waals surface area contributed by atoms with Gasteiger partial charge in [-0.05, 0) is 25.5 Å². The van der Waals surface area contributed by atoms with Crippen LogP contribution in [0.3, 0.4) is 0 Å². The number of rotatable bonds is 1.